The lowest BCUT2D eigenvalue weighted by atomic mass is 10.1. The van der Waals surface area contributed by atoms with Gasteiger partial charge >= 0.3 is 45.3 Å². The summed E-state index contributed by atoms with van der Waals surface area (Å²) in [5.41, 5.74) is 0. The molecule has 0 saturated carbocycles. The topological polar surface area (TPSA) is 105 Å². The Kier molecular flexibility index (Phi) is 11.1. The van der Waals surface area contributed by atoms with Crippen LogP contribution >= 0.6 is 10.3 Å². The highest BCUT2D eigenvalue weighted by Crippen LogP contribution is 2.71. The molecule has 0 spiro atoms. The largest absolute Gasteiger partial charge is 0.439 e. The van der Waals surface area contributed by atoms with E-state index in [0.717, 1.165) is 81.4 Å². The van der Waals surface area contributed by atoms with Gasteiger partial charge in [-0.2, -0.15) is 43.5 Å². The molecular formula is C29H26F8O8S2. The van der Waals surface area contributed by atoms with Crippen LogP contribution in [0.3, 0.4) is 0 Å². The highest BCUT2D eigenvalue weighted by atomic mass is 32.3. The average Bonchev–Trinajstić information content (AvgIpc) is 2.99. The van der Waals surface area contributed by atoms with Gasteiger partial charge in [0.15, 0.2) is 0 Å². The molecule has 258 valence electrons. The lowest BCUT2D eigenvalue weighted by Gasteiger charge is -2.41. The molecule has 18 heteroatoms. The molecule has 0 saturated heterocycles. The molecule has 3 aromatic carbocycles. The molecule has 0 atom stereocenters. The second-order valence-corrected chi connectivity index (χ2v) is 14.0. The average molecular weight is 719 g/mol. The summed E-state index contributed by atoms with van der Waals surface area (Å²) in [5.74, 6) is -16.2. The number of hydrogen-bond donors (Lipinski definition) is 0. The Morgan fingerprint density at radius 1 is 0.638 bits per heavy atom. The Bertz CT molecular complexity index is 1610. The fraction of sp³-hybridized carbons (Fsp3) is 0.310. The molecule has 0 heterocycles. The van der Waals surface area contributed by atoms with Crippen LogP contribution in [-0.2, 0) is 28.1 Å². The number of carbonyl (C=O) groups excluding carboxylic acids is 2. The molecule has 3 aromatic rings. The maximum Gasteiger partial charge on any atom is 0.439 e. The SMILES string of the molecule is CCCOC(F)(F)C(F)(F)C(F)(F)C(F)(F)S(=O)(=O)OS(c1ccccc1)(c1ccc(OC(C)=O)cc1)c1ccc(OC(C)=O)cc1. The molecule has 47 heavy (non-hydrogen) atoms. The third-order valence-corrected chi connectivity index (χ3v) is 11.3. The predicted molar refractivity (Wildman–Crippen MR) is 150 cm³/mol. The molecule has 3 rings (SSSR count). The number of benzene rings is 3. The first-order chi connectivity index (χ1) is 21.7. The molecule has 0 fully saturated rings. The summed E-state index contributed by atoms with van der Waals surface area (Å²) in [6.45, 7) is 1.95. The lowest BCUT2D eigenvalue weighted by Crippen LogP contribution is -2.65. The van der Waals surface area contributed by atoms with Crippen LogP contribution in [0.25, 0.3) is 0 Å². The van der Waals surface area contributed by atoms with Crippen LogP contribution in [0.1, 0.15) is 27.2 Å². The highest BCUT2D eigenvalue weighted by Gasteiger charge is 2.86. The number of ether oxygens (including phenoxy) is 3. The monoisotopic (exact) mass is 718 g/mol. The van der Waals surface area contributed by atoms with Gasteiger partial charge in [0.25, 0.3) is 0 Å². The van der Waals surface area contributed by atoms with E-state index in [1.54, 1.807) is 0 Å². The van der Waals surface area contributed by atoms with Crippen molar-refractivity contribution < 1.29 is 71.0 Å². The Hall–Kier alpha value is -3.74. The first-order valence-corrected chi connectivity index (χ1v) is 16.2. The molecule has 0 radical (unpaired) electrons. The zero-order valence-electron chi connectivity index (χ0n) is 24.5. The molecule has 8 nitrogen and oxygen atoms in total. The Morgan fingerprint density at radius 3 is 1.43 bits per heavy atom. The maximum atomic E-state index is 15.4. The number of esters is 2. The minimum atomic E-state index is -7.33. The molecular weight excluding hydrogens is 692 g/mol. The van der Waals surface area contributed by atoms with Crippen molar-refractivity contribution in [3.63, 3.8) is 0 Å². The second kappa shape index (κ2) is 13.8. The van der Waals surface area contributed by atoms with Crippen LogP contribution in [-0.4, -0.2) is 50.2 Å². The van der Waals surface area contributed by atoms with Gasteiger partial charge in [-0.05, 0) is 77.4 Å². The van der Waals surface area contributed by atoms with E-state index in [1.807, 2.05) is 0 Å². The van der Waals surface area contributed by atoms with E-state index in [2.05, 4.69) is 4.74 Å². The Labute approximate surface area is 265 Å². The summed E-state index contributed by atoms with van der Waals surface area (Å²) in [4.78, 5) is 21.8. The third kappa shape index (κ3) is 7.24. The van der Waals surface area contributed by atoms with Crippen molar-refractivity contribution in [3.8, 4) is 11.5 Å². The van der Waals surface area contributed by atoms with E-state index < -0.39 is 68.6 Å². The normalized spacial score (nSPS) is 13.6. The van der Waals surface area contributed by atoms with E-state index in [9.17, 15) is 44.3 Å². The molecule has 0 aliphatic heterocycles. The third-order valence-electron chi connectivity index (χ3n) is 6.03. The van der Waals surface area contributed by atoms with E-state index in [1.165, 1.54) is 18.2 Å². The summed E-state index contributed by atoms with van der Waals surface area (Å²) in [7, 11) is -11.6. The van der Waals surface area contributed by atoms with Crippen LogP contribution in [0.4, 0.5) is 35.1 Å². The number of hydrogen-bond acceptors (Lipinski definition) is 8. The Balaban J connectivity index is 2.34. The minimum Gasteiger partial charge on any atom is -0.427 e. The van der Waals surface area contributed by atoms with Gasteiger partial charge in [0, 0.05) is 28.5 Å². The van der Waals surface area contributed by atoms with E-state index >= 15 is 8.78 Å². The van der Waals surface area contributed by atoms with Gasteiger partial charge in [-0.1, -0.05) is 25.1 Å². The van der Waals surface area contributed by atoms with Gasteiger partial charge < -0.3 is 14.2 Å². The van der Waals surface area contributed by atoms with Crippen LogP contribution in [0.2, 0.25) is 0 Å². The van der Waals surface area contributed by atoms with Crippen molar-refractivity contribution >= 4 is 32.4 Å². The minimum absolute atomic E-state index is 0.138. The second-order valence-electron chi connectivity index (χ2n) is 9.55. The van der Waals surface area contributed by atoms with Crippen LogP contribution in [0, 0.1) is 0 Å². The molecule has 0 aliphatic rings. The number of carbonyl (C=O) groups is 2. The van der Waals surface area contributed by atoms with Gasteiger partial charge in [0.05, 0.1) is 6.61 Å². The van der Waals surface area contributed by atoms with Gasteiger partial charge in [-0.25, -0.2) is 3.63 Å². The van der Waals surface area contributed by atoms with Gasteiger partial charge in [0.1, 0.15) is 11.5 Å². The first kappa shape index (κ1) is 37.7. The molecule has 0 bridgehead atoms. The molecule has 0 N–H and O–H groups in total. The van der Waals surface area contributed by atoms with Crippen molar-refractivity contribution in [1.29, 1.82) is 0 Å². The standard InChI is InChI=1S/C29H26F8O8S2/c1-4-18-42-28(34,35)26(30,31)27(32,33)29(36,37)47(40,41)45-46(23-8-6-5-7-9-23,24-14-10-21(11-15-24)43-19(2)38)25-16-12-22(13-17-25)44-20(3)39/h5-17H,4,18H2,1-3H3. The van der Waals surface area contributed by atoms with Crippen LogP contribution in [0.15, 0.2) is 93.5 Å². The lowest BCUT2D eigenvalue weighted by molar-refractivity contribution is -0.417. The van der Waals surface area contributed by atoms with Gasteiger partial charge in [-0.3, -0.25) is 9.59 Å². The zero-order chi connectivity index (χ0) is 35.5. The number of rotatable bonds is 14. The molecule has 0 amide bonds. The summed E-state index contributed by atoms with van der Waals surface area (Å²) >= 11 is 0. The van der Waals surface area contributed by atoms with Crippen molar-refractivity contribution in [2.75, 3.05) is 6.61 Å². The van der Waals surface area contributed by atoms with Crippen LogP contribution in [0.5, 0.6) is 11.5 Å². The quantitative estimate of drug-likeness (QED) is 0.0940. The number of halogens is 8. The van der Waals surface area contributed by atoms with E-state index in [4.69, 9.17) is 13.1 Å². The predicted octanol–water partition coefficient (Wildman–Crippen LogP) is 7.96. The molecule has 0 aliphatic carbocycles. The Morgan fingerprint density at radius 2 is 1.04 bits per heavy atom. The van der Waals surface area contributed by atoms with Crippen molar-refractivity contribution in [2.24, 2.45) is 0 Å². The summed E-state index contributed by atoms with van der Waals surface area (Å²) in [6, 6.07) is 14.6. The van der Waals surface area contributed by atoms with Crippen molar-refractivity contribution in [3.05, 3.63) is 78.9 Å². The van der Waals surface area contributed by atoms with Gasteiger partial charge in [0.2, 0.25) is 0 Å². The molecule has 0 unspecified atom stereocenters. The highest BCUT2D eigenvalue weighted by molar-refractivity contribution is 8.33. The fourth-order valence-electron chi connectivity index (χ4n) is 3.89. The summed E-state index contributed by atoms with van der Waals surface area (Å²) in [6.07, 6.45) is -6.65. The summed E-state index contributed by atoms with van der Waals surface area (Å²) < 4.78 is 163. The zero-order valence-corrected chi connectivity index (χ0v) is 26.2. The smallest absolute Gasteiger partial charge is 0.427 e. The van der Waals surface area contributed by atoms with Crippen molar-refractivity contribution in [1.82, 2.24) is 0 Å². The van der Waals surface area contributed by atoms with Gasteiger partial charge in [-0.15, -0.1) is 0 Å². The van der Waals surface area contributed by atoms with Crippen LogP contribution < -0.4 is 9.47 Å². The summed E-state index contributed by atoms with van der Waals surface area (Å²) in [5, 5.41) is -7.01. The maximum absolute atomic E-state index is 15.4. The molecule has 0 aromatic heterocycles. The van der Waals surface area contributed by atoms with Crippen molar-refractivity contribution in [2.45, 2.75) is 65.1 Å². The van der Waals surface area contributed by atoms with E-state index in [0.29, 0.717) is 0 Å². The fourth-order valence-corrected chi connectivity index (χ4v) is 9.09. The first-order valence-electron chi connectivity index (χ1n) is 13.2. The number of alkyl halides is 8. The van der Waals surface area contributed by atoms with E-state index in [-0.39, 0.29) is 26.2 Å².